The van der Waals surface area contributed by atoms with Gasteiger partial charge in [0, 0.05) is 30.0 Å². The number of nitrogens with zero attached hydrogens (tertiary/aromatic N) is 2. The number of rotatable bonds is 3. The second kappa shape index (κ2) is 6.77. The number of hydrogen-bond acceptors (Lipinski definition) is 2. The summed E-state index contributed by atoms with van der Waals surface area (Å²) < 4.78 is 0. The molecule has 0 atom stereocenters. The van der Waals surface area contributed by atoms with E-state index < -0.39 is 0 Å². The van der Waals surface area contributed by atoms with Gasteiger partial charge in [-0.25, -0.2) is 0 Å². The predicted octanol–water partition coefficient (Wildman–Crippen LogP) is 5.08. The molecular formula is C18H19ClN2. The van der Waals surface area contributed by atoms with Gasteiger partial charge >= 0.3 is 0 Å². The highest BCUT2D eigenvalue weighted by Gasteiger charge is 2.10. The molecule has 1 aliphatic heterocycles. The Morgan fingerprint density at radius 2 is 1.71 bits per heavy atom. The van der Waals surface area contributed by atoms with Crippen LogP contribution in [0.1, 0.15) is 24.8 Å². The van der Waals surface area contributed by atoms with Gasteiger partial charge in [0.05, 0.1) is 5.69 Å². The zero-order valence-corrected chi connectivity index (χ0v) is 12.8. The van der Waals surface area contributed by atoms with E-state index in [0.29, 0.717) is 0 Å². The maximum atomic E-state index is 5.97. The van der Waals surface area contributed by atoms with E-state index in [-0.39, 0.29) is 0 Å². The van der Waals surface area contributed by atoms with E-state index in [1.165, 1.54) is 38.0 Å². The molecule has 0 unspecified atom stereocenters. The highest BCUT2D eigenvalue weighted by Crippen LogP contribution is 2.23. The lowest BCUT2D eigenvalue weighted by molar-refractivity contribution is 0.578. The van der Waals surface area contributed by atoms with Crippen molar-refractivity contribution in [3.8, 4) is 0 Å². The molecular weight excluding hydrogens is 280 g/mol. The third-order valence-electron chi connectivity index (χ3n) is 3.78. The average Bonchev–Trinajstić information content (AvgIpc) is 2.54. The van der Waals surface area contributed by atoms with Gasteiger partial charge in [0.15, 0.2) is 0 Å². The summed E-state index contributed by atoms with van der Waals surface area (Å²) in [5.74, 6) is 0. The van der Waals surface area contributed by atoms with Crippen molar-refractivity contribution in [2.24, 2.45) is 4.99 Å². The molecule has 0 spiro atoms. The lowest BCUT2D eigenvalue weighted by Gasteiger charge is -2.28. The topological polar surface area (TPSA) is 15.6 Å². The first-order valence-corrected chi connectivity index (χ1v) is 7.84. The molecule has 0 aromatic heterocycles. The smallest absolute Gasteiger partial charge is 0.0631 e. The zero-order valence-electron chi connectivity index (χ0n) is 12.0. The zero-order chi connectivity index (χ0) is 14.5. The Morgan fingerprint density at radius 1 is 0.952 bits per heavy atom. The summed E-state index contributed by atoms with van der Waals surface area (Å²) in [6.45, 7) is 2.34. The van der Waals surface area contributed by atoms with Crippen molar-refractivity contribution in [1.82, 2.24) is 0 Å². The standard InChI is InChI=1S/C18H19ClN2/c19-16-6-4-5-15(13-16)14-20-17-7-9-18(10-8-17)21-11-2-1-3-12-21/h4-10,13-14H,1-3,11-12H2. The SMILES string of the molecule is Clc1cccc(C=Nc2ccc(N3CCCCC3)cc2)c1. The van der Waals surface area contributed by atoms with Gasteiger partial charge in [-0.2, -0.15) is 0 Å². The second-order valence-electron chi connectivity index (χ2n) is 5.38. The molecule has 1 heterocycles. The number of hydrogen-bond donors (Lipinski definition) is 0. The van der Waals surface area contributed by atoms with Crippen molar-refractivity contribution in [1.29, 1.82) is 0 Å². The van der Waals surface area contributed by atoms with Gasteiger partial charge < -0.3 is 4.90 Å². The Kier molecular flexibility index (Phi) is 4.56. The fraction of sp³-hybridized carbons (Fsp3) is 0.278. The number of halogens is 1. The van der Waals surface area contributed by atoms with Gasteiger partial charge in [0.1, 0.15) is 0 Å². The first kappa shape index (κ1) is 14.2. The first-order valence-electron chi connectivity index (χ1n) is 7.46. The van der Waals surface area contributed by atoms with E-state index in [9.17, 15) is 0 Å². The second-order valence-corrected chi connectivity index (χ2v) is 5.81. The maximum absolute atomic E-state index is 5.97. The third kappa shape index (κ3) is 3.85. The van der Waals surface area contributed by atoms with Crippen LogP contribution in [0.25, 0.3) is 0 Å². The van der Waals surface area contributed by atoms with E-state index in [1.807, 2.05) is 30.5 Å². The van der Waals surface area contributed by atoms with Crippen LogP contribution in [0.4, 0.5) is 11.4 Å². The molecule has 0 N–H and O–H groups in total. The van der Waals surface area contributed by atoms with Crippen LogP contribution in [0.15, 0.2) is 53.5 Å². The molecule has 1 aliphatic rings. The highest BCUT2D eigenvalue weighted by atomic mass is 35.5. The van der Waals surface area contributed by atoms with Crippen LogP contribution in [0.3, 0.4) is 0 Å². The van der Waals surface area contributed by atoms with Crippen molar-refractivity contribution >= 4 is 29.2 Å². The molecule has 2 aromatic carbocycles. The molecule has 1 saturated heterocycles. The Morgan fingerprint density at radius 3 is 2.43 bits per heavy atom. The summed E-state index contributed by atoms with van der Waals surface area (Å²) in [7, 11) is 0. The van der Waals surface area contributed by atoms with Gasteiger partial charge in [0.25, 0.3) is 0 Å². The fourth-order valence-corrected chi connectivity index (χ4v) is 2.84. The Balaban J connectivity index is 1.69. The van der Waals surface area contributed by atoms with Crippen molar-refractivity contribution in [3.05, 3.63) is 59.1 Å². The summed E-state index contributed by atoms with van der Waals surface area (Å²) in [6.07, 6.45) is 5.81. The van der Waals surface area contributed by atoms with Crippen molar-refractivity contribution in [2.75, 3.05) is 18.0 Å². The summed E-state index contributed by atoms with van der Waals surface area (Å²) in [5, 5.41) is 0.736. The minimum Gasteiger partial charge on any atom is -0.372 e. The predicted molar refractivity (Wildman–Crippen MR) is 91.2 cm³/mol. The molecule has 0 aliphatic carbocycles. The van der Waals surface area contributed by atoms with Crippen LogP contribution in [0.5, 0.6) is 0 Å². The van der Waals surface area contributed by atoms with Crippen LogP contribution in [0, 0.1) is 0 Å². The number of piperidine rings is 1. The van der Waals surface area contributed by atoms with Gasteiger partial charge in [-0.1, -0.05) is 23.7 Å². The average molecular weight is 299 g/mol. The molecule has 3 heteroatoms. The molecule has 2 nitrogen and oxygen atoms in total. The van der Waals surface area contributed by atoms with Crippen molar-refractivity contribution in [2.45, 2.75) is 19.3 Å². The van der Waals surface area contributed by atoms with Crippen LogP contribution >= 0.6 is 11.6 Å². The first-order chi connectivity index (χ1) is 10.3. The molecule has 1 fully saturated rings. The Labute approximate surface area is 131 Å². The summed E-state index contributed by atoms with van der Waals surface area (Å²) >= 11 is 5.97. The van der Waals surface area contributed by atoms with Gasteiger partial charge in [-0.3, -0.25) is 4.99 Å². The van der Waals surface area contributed by atoms with E-state index in [4.69, 9.17) is 11.6 Å². The minimum absolute atomic E-state index is 0.736. The van der Waals surface area contributed by atoms with E-state index in [1.54, 1.807) is 0 Å². The molecule has 3 rings (SSSR count). The fourth-order valence-electron chi connectivity index (χ4n) is 2.64. The maximum Gasteiger partial charge on any atom is 0.0631 e. The number of anilines is 1. The van der Waals surface area contributed by atoms with Crippen molar-refractivity contribution in [3.63, 3.8) is 0 Å². The van der Waals surface area contributed by atoms with E-state index in [2.05, 4.69) is 34.2 Å². The molecule has 0 saturated carbocycles. The summed E-state index contributed by atoms with van der Waals surface area (Å²) in [4.78, 5) is 6.95. The minimum atomic E-state index is 0.736. The highest BCUT2D eigenvalue weighted by molar-refractivity contribution is 6.30. The largest absolute Gasteiger partial charge is 0.372 e. The summed E-state index contributed by atoms with van der Waals surface area (Å²) in [6, 6.07) is 16.2. The molecule has 0 bridgehead atoms. The molecule has 2 aromatic rings. The Bertz CT molecular complexity index is 613. The van der Waals surface area contributed by atoms with Crippen LogP contribution in [-0.2, 0) is 0 Å². The van der Waals surface area contributed by atoms with E-state index in [0.717, 1.165) is 16.3 Å². The van der Waals surface area contributed by atoms with E-state index >= 15 is 0 Å². The van der Waals surface area contributed by atoms with Gasteiger partial charge in [-0.05, 0) is 61.2 Å². The quantitative estimate of drug-likeness (QED) is 0.721. The number of benzene rings is 2. The van der Waals surface area contributed by atoms with Crippen LogP contribution in [0.2, 0.25) is 5.02 Å². The lowest BCUT2D eigenvalue weighted by Crippen LogP contribution is -2.29. The monoisotopic (exact) mass is 298 g/mol. The normalized spacial score (nSPS) is 15.6. The molecule has 0 amide bonds. The van der Waals surface area contributed by atoms with Crippen molar-refractivity contribution < 1.29 is 0 Å². The summed E-state index contributed by atoms with van der Waals surface area (Å²) in [5.41, 5.74) is 3.29. The molecule has 0 radical (unpaired) electrons. The van der Waals surface area contributed by atoms with Crippen LogP contribution < -0.4 is 4.90 Å². The van der Waals surface area contributed by atoms with Gasteiger partial charge in [-0.15, -0.1) is 0 Å². The molecule has 108 valence electrons. The number of aliphatic imine (C=N–C) groups is 1. The molecule has 21 heavy (non-hydrogen) atoms. The Hall–Kier alpha value is -1.80. The van der Waals surface area contributed by atoms with Crippen LogP contribution in [-0.4, -0.2) is 19.3 Å². The van der Waals surface area contributed by atoms with Gasteiger partial charge in [0.2, 0.25) is 0 Å². The lowest BCUT2D eigenvalue weighted by atomic mass is 10.1. The third-order valence-corrected chi connectivity index (χ3v) is 4.02.